The van der Waals surface area contributed by atoms with E-state index < -0.39 is 17.7 Å². The minimum atomic E-state index is -4.45. The lowest BCUT2D eigenvalue weighted by molar-refractivity contribution is -0.137. The Kier molecular flexibility index (Phi) is 7.69. The Bertz CT molecular complexity index is 958. The van der Waals surface area contributed by atoms with E-state index in [4.69, 9.17) is 4.74 Å². The number of alkyl halides is 3. The van der Waals surface area contributed by atoms with Crippen molar-refractivity contribution in [3.05, 3.63) is 59.2 Å². The second-order valence-corrected chi connectivity index (χ2v) is 9.09. The number of fused-ring (bicyclic) bond motifs is 1. The van der Waals surface area contributed by atoms with Gasteiger partial charge in [-0.3, -0.25) is 4.79 Å². The van der Waals surface area contributed by atoms with Crippen LogP contribution in [0.25, 0.3) is 0 Å². The van der Waals surface area contributed by atoms with Crippen molar-refractivity contribution in [1.29, 1.82) is 0 Å². The van der Waals surface area contributed by atoms with Crippen LogP contribution in [0.2, 0.25) is 0 Å². The molecule has 0 bridgehead atoms. The van der Waals surface area contributed by atoms with Crippen molar-refractivity contribution in [3.63, 3.8) is 0 Å². The molecule has 180 valence electrons. The molecule has 8 heteroatoms. The van der Waals surface area contributed by atoms with E-state index in [0.29, 0.717) is 43.1 Å². The Balaban J connectivity index is 2.14. The molecule has 0 unspecified atom stereocenters. The van der Waals surface area contributed by atoms with Crippen LogP contribution in [0.4, 0.5) is 18.9 Å². The van der Waals surface area contributed by atoms with Gasteiger partial charge in [0.25, 0.3) is 0 Å². The van der Waals surface area contributed by atoms with E-state index in [1.165, 1.54) is 12.1 Å². The van der Waals surface area contributed by atoms with E-state index in [-0.39, 0.29) is 11.8 Å². The average Bonchev–Trinajstić information content (AvgIpc) is 2.86. The van der Waals surface area contributed by atoms with Crippen LogP contribution in [0.5, 0.6) is 5.75 Å². The molecule has 2 aromatic carbocycles. The molecule has 2 aromatic rings. The maximum absolute atomic E-state index is 13.9. The zero-order valence-electron chi connectivity index (χ0n) is 19.8. The molecule has 0 N–H and O–H groups in total. The highest BCUT2D eigenvalue weighted by Crippen LogP contribution is 2.41. The van der Waals surface area contributed by atoms with Gasteiger partial charge in [0.1, 0.15) is 5.75 Å². The SMILES string of the molecule is COc1ccc([C@@H]2Cc3cc(C(F)(F)F)ccc3N(CCN(C)C)C(=O)[C@@H]2CN(C)C)cc1. The molecule has 5 nitrogen and oxygen atoms in total. The topological polar surface area (TPSA) is 36.0 Å². The number of rotatable bonds is 7. The van der Waals surface area contributed by atoms with Gasteiger partial charge < -0.3 is 19.4 Å². The summed E-state index contributed by atoms with van der Waals surface area (Å²) >= 11 is 0. The number of hydrogen-bond acceptors (Lipinski definition) is 4. The van der Waals surface area contributed by atoms with E-state index in [9.17, 15) is 18.0 Å². The van der Waals surface area contributed by atoms with Gasteiger partial charge in [-0.05, 0) is 76.1 Å². The fraction of sp³-hybridized carbons (Fsp3) is 0.480. The van der Waals surface area contributed by atoms with Crippen molar-refractivity contribution in [2.75, 3.05) is 59.8 Å². The van der Waals surface area contributed by atoms with Crippen LogP contribution >= 0.6 is 0 Å². The van der Waals surface area contributed by atoms with Crippen molar-refractivity contribution >= 4 is 11.6 Å². The molecule has 0 spiro atoms. The van der Waals surface area contributed by atoms with Gasteiger partial charge >= 0.3 is 6.18 Å². The van der Waals surface area contributed by atoms with Gasteiger partial charge in [0.15, 0.2) is 0 Å². The molecule has 0 aliphatic carbocycles. The summed E-state index contributed by atoms with van der Waals surface area (Å²) in [6.07, 6.45) is -4.10. The Hall–Kier alpha value is -2.58. The van der Waals surface area contributed by atoms with Gasteiger partial charge in [0.2, 0.25) is 5.91 Å². The summed E-state index contributed by atoms with van der Waals surface area (Å²) in [7, 11) is 9.21. The number of ether oxygens (including phenoxy) is 1. The fourth-order valence-electron chi connectivity index (χ4n) is 4.39. The number of hydrogen-bond donors (Lipinski definition) is 0. The summed E-state index contributed by atoms with van der Waals surface area (Å²) in [6.45, 7) is 1.51. The molecule has 1 aliphatic heterocycles. The Morgan fingerprint density at radius 1 is 1.03 bits per heavy atom. The van der Waals surface area contributed by atoms with Crippen LogP contribution in [-0.4, -0.2) is 70.6 Å². The smallest absolute Gasteiger partial charge is 0.416 e. The molecule has 1 amide bonds. The van der Waals surface area contributed by atoms with Crippen LogP contribution < -0.4 is 9.64 Å². The number of carbonyl (C=O) groups excluding carboxylic acids is 1. The zero-order chi connectivity index (χ0) is 24.3. The zero-order valence-corrected chi connectivity index (χ0v) is 19.8. The molecular formula is C25H32F3N3O2. The molecule has 1 aliphatic rings. The van der Waals surface area contributed by atoms with E-state index >= 15 is 0 Å². The summed E-state index contributed by atoms with van der Waals surface area (Å²) < 4.78 is 45.9. The second kappa shape index (κ2) is 10.1. The standard InChI is InChI=1S/C25H32F3N3O2/c1-29(2)12-13-31-23-11-8-19(25(26,27)28)14-18(23)15-21(22(24(31)32)16-30(3)4)17-6-9-20(33-5)10-7-17/h6-11,14,21-22H,12-13,15-16H2,1-5H3/t21-,22+/m0/s1. The average molecular weight is 464 g/mol. The number of methoxy groups -OCH3 is 1. The number of halogens is 3. The largest absolute Gasteiger partial charge is 0.497 e. The quantitative estimate of drug-likeness (QED) is 0.619. The van der Waals surface area contributed by atoms with E-state index in [2.05, 4.69) is 0 Å². The number of anilines is 1. The summed E-state index contributed by atoms with van der Waals surface area (Å²) in [5.74, 6) is -0.0465. The van der Waals surface area contributed by atoms with Crippen LogP contribution in [0.3, 0.4) is 0 Å². The Labute approximate surface area is 193 Å². The lowest BCUT2D eigenvalue weighted by atomic mass is 9.81. The highest BCUT2D eigenvalue weighted by atomic mass is 19.4. The van der Waals surface area contributed by atoms with Crippen LogP contribution in [-0.2, 0) is 17.4 Å². The van der Waals surface area contributed by atoms with E-state index in [1.807, 2.05) is 62.3 Å². The summed E-state index contributed by atoms with van der Waals surface area (Å²) in [6, 6.07) is 11.2. The number of amides is 1. The normalized spacial score (nSPS) is 19.1. The maximum Gasteiger partial charge on any atom is 0.416 e. The highest BCUT2D eigenvalue weighted by molar-refractivity contribution is 5.97. The summed E-state index contributed by atoms with van der Waals surface area (Å²) in [5.41, 5.74) is 1.32. The molecule has 3 rings (SSSR count). The predicted molar refractivity (Wildman–Crippen MR) is 124 cm³/mol. The fourth-order valence-corrected chi connectivity index (χ4v) is 4.39. The second-order valence-electron chi connectivity index (χ2n) is 9.09. The highest BCUT2D eigenvalue weighted by Gasteiger charge is 2.39. The monoisotopic (exact) mass is 463 g/mol. The van der Waals surface area contributed by atoms with Crippen molar-refractivity contribution in [3.8, 4) is 5.75 Å². The van der Waals surface area contributed by atoms with Crippen molar-refractivity contribution < 1.29 is 22.7 Å². The van der Waals surface area contributed by atoms with Crippen molar-refractivity contribution in [2.24, 2.45) is 5.92 Å². The molecule has 1 heterocycles. The number of nitrogens with zero attached hydrogens (tertiary/aromatic N) is 3. The summed E-state index contributed by atoms with van der Waals surface area (Å²) in [5, 5.41) is 0. The molecule has 0 radical (unpaired) electrons. The first-order valence-electron chi connectivity index (χ1n) is 11.0. The Morgan fingerprint density at radius 2 is 1.70 bits per heavy atom. The van der Waals surface area contributed by atoms with Crippen LogP contribution in [0, 0.1) is 5.92 Å². The first-order chi connectivity index (χ1) is 15.5. The van der Waals surface area contributed by atoms with Gasteiger partial charge in [0, 0.05) is 31.2 Å². The molecule has 0 saturated heterocycles. The first-order valence-corrected chi connectivity index (χ1v) is 11.0. The van der Waals surface area contributed by atoms with Crippen molar-refractivity contribution in [2.45, 2.75) is 18.5 Å². The molecule has 2 atom stereocenters. The molecule has 0 fully saturated rings. The number of likely N-dealkylation sites (N-methyl/N-ethyl adjacent to an activating group) is 1. The predicted octanol–water partition coefficient (Wildman–Crippen LogP) is 4.13. The van der Waals surface area contributed by atoms with Gasteiger partial charge in [-0.1, -0.05) is 12.1 Å². The third kappa shape index (κ3) is 5.86. The molecule has 0 aromatic heterocycles. The van der Waals surface area contributed by atoms with E-state index in [0.717, 1.165) is 11.6 Å². The lowest BCUT2D eigenvalue weighted by Crippen LogP contribution is -2.44. The van der Waals surface area contributed by atoms with Crippen molar-refractivity contribution in [1.82, 2.24) is 9.80 Å². The third-order valence-corrected chi connectivity index (χ3v) is 6.08. The molecule has 0 saturated carbocycles. The number of carbonyl (C=O) groups is 1. The number of benzene rings is 2. The van der Waals surface area contributed by atoms with E-state index in [1.54, 1.807) is 12.0 Å². The minimum Gasteiger partial charge on any atom is -0.497 e. The summed E-state index contributed by atoms with van der Waals surface area (Å²) in [4.78, 5) is 19.5. The van der Waals surface area contributed by atoms with Gasteiger partial charge in [-0.15, -0.1) is 0 Å². The van der Waals surface area contributed by atoms with Crippen LogP contribution in [0.15, 0.2) is 42.5 Å². The molecular weight excluding hydrogens is 431 g/mol. The minimum absolute atomic E-state index is 0.0649. The van der Waals surface area contributed by atoms with Crippen LogP contribution in [0.1, 0.15) is 22.6 Å². The Morgan fingerprint density at radius 3 is 2.24 bits per heavy atom. The lowest BCUT2D eigenvalue weighted by Gasteiger charge is -2.31. The van der Waals surface area contributed by atoms with Gasteiger partial charge in [0.05, 0.1) is 18.6 Å². The van der Waals surface area contributed by atoms with Gasteiger partial charge in [-0.2, -0.15) is 13.2 Å². The molecule has 33 heavy (non-hydrogen) atoms. The third-order valence-electron chi connectivity index (χ3n) is 6.08. The van der Waals surface area contributed by atoms with Gasteiger partial charge in [-0.25, -0.2) is 0 Å². The maximum atomic E-state index is 13.9. The first kappa shape index (κ1) is 25.1.